The topological polar surface area (TPSA) is 85.6 Å². The minimum Gasteiger partial charge on any atom is -0.365 e. The van der Waals surface area contributed by atoms with E-state index in [-0.39, 0.29) is 12.1 Å². The molecule has 0 amide bonds. The number of rotatable bonds is 6. The molecule has 5 rings (SSSR count). The Morgan fingerprint density at radius 2 is 1.62 bits per heavy atom. The number of aryl methyl sites for hydroxylation is 1. The molecule has 0 aliphatic carbocycles. The van der Waals surface area contributed by atoms with Gasteiger partial charge in [0.2, 0.25) is 0 Å². The average molecular weight is 501 g/mol. The van der Waals surface area contributed by atoms with Crippen molar-refractivity contribution in [2.45, 2.75) is 33.9 Å². The Balaban J connectivity index is 0.00000156. The molecule has 5 aromatic rings. The number of halogens is 2. The van der Waals surface area contributed by atoms with Crippen LogP contribution in [0, 0.1) is 18.6 Å². The maximum Gasteiger partial charge on any atom is 0.265 e. The molecule has 3 aromatic heterocycles. The van der Waals surface area contributed by atoms with Gasteiger partial charge in [-0.2, -0.15) is 0 Å². The molecule has 0 unspecified atom stereocenters. The van der Waals surface area contributed by atoms with Gasteiger partial charge in [0.05, 0.1) is 36.0 Å². The Kier molecular flexibility index (Phi) is 7.92. The van der Waals surface area contributed by atoms with Gasteiger partial charge in [0, 0.05) is 24.5 Å². The van der Waals surface area contributed by atoms with Crippen LogP contribution in [0.1, 0.15) is 30.7 Å². The number of hydrogen-bond donors (Lipinski definition) is 1. The third-order valence-electron chi connectivity index (χ3n) is 5.57. The fourth-order valence-corrected chi connectivity index (χ4v) is 3.70. The van der Waals surface area contributed by atoms with Crippen molar-refractivity contribution < 1.29 is 8.78 Å². The van der Waals surface area contributed by atoms with E-state index in [2.05, 4.69) is 25.3 Å². The van der Waals surface area contributed by atoms with Crippen LogP contribution in [0.3, 0.4) is 0 Å². The number of fused-ring (bicyclic) bond motifs is 1. The van der Waals surface area contributed by atoms with Gasteiger partial charge in [-0.1, -0.05) is 44.2 Å². The zero-order valence-corrected chi connectivity index (χ0v) is 20.7. The zero-order chi connectivity index (χ0) is 26.4. The van der Waals surface area contributed by atoms with Gasteiger partial charge in [0.1, 0.15) is 11.2 Å². The van der Waals surface area contributed by atoms with Crippen LogP contribution in [-0.2, 0) is 13.1 Å². The van der Waals surface area contributed by atoms with Crippen molar-refractivity contribution in [3.63, 3.8) is 0 Å². The maximum atomic E-state index is 13.6. The minimum absolute atomic E-state index is 0.0523. The highest BCUT2D eigenvalue weighted by molar-refractivity contribution is 5.87. The third-order valence-corrected chi connectivity index (χ3v) is 5.57. The Bertz CT molecular complexity index is 1570. The monoisotopic (exact) mass is 500 g/mol. The number of hydrogen-bond acceptors (Lipinski definition) is 6. The lowest BCUT2D eigenvalue weighted by atomic mass is 10.1. The normalized spacial score (nSPS) is 10.6. The van der Waals surface area contributed by atoms with E-state index in [9.17, 15) is 13.6 Å². The largest absolute Gasteiger partial charge is 0.365 e. The molecule has 0 saturated heterocycles. The Morgan fingerprint density at radius 1 is 0.865 bits per heavy atom. The van der Waals surface area contributed by atoms with Gasteiger partial charge in [-0.05, 0) is 36.2 Å². The van der Waals surface area contributed by atoms with Crippen molar-refractivity contribution in [1.82, 2.24) is 24.5 Å². The fourth-order valence-electron chi connectivity index (χ4n) is 3.70. The van der Waals surface area contributed by atoms with Crippen molar-refractivity contribution in [2.75, 3.05) is 5.32 Å². The van der Waals surface area contributed by atoms with Crippen molar-refractivity contribution in [1.29, 1.82) is 0 Å². The molecule has 3 heterocycles. The van der Waals surface area contributed by atoms with Crippen LogP contribution >= 0.6 is 0 Å². The van der Waals surface area contributed by atoms with Gasteiger partial charge < -0.3 is 5.32 Å². The van der Waals surface area contributed by atoms with E-state index >= 15 is 0 Å². The van der Waals surface area contributed by atoms with E-state index in [4.69, 9.17) is 0 Å². The summed E-state index contributed by atoms with van der Waals surface area (Å²) in [6.07, 6.45) is 6.43. The summed E-state index contributed by atoms with van der Waals surface area (Å²) in [7, 11) is 0. The van der Waals surface area contributed by atoms with Crippen LogP contribution in [0.5, 0.6) is 0 Å². The van der Waals surface area contributed by atoms with Crippen molar-refractivity contribution in [3.05, 3.63) is 112 Å². The van der Waals surface area contributed by atoms with Crippen LogP contribution in [-0.4, -0.2) is 24.5 Å². The highest BCUT2D eigenvalue weighted by Crippen LogP contribution is 2.19. The lowest BCUT2D eigenvalue weighted by Crippen LogP contribution is -2.22. The summed E-state index contributed by atoms with van der Waals surface area (Å²) in [5, 5.41) is 3.54. The molecule has 0 aliphatic rings. The van der Waals surface area contributed by atoms with Gasteiger partial charge in [0.25, 0.3) is 5.56 Å². The van der Waals surface area contributed by atoms with Crippen molar-refractivity contribution in [3.8, 4) is 11.3 Å². The molecule has 0 atom stereocenters. The smallest absolute Gasteiger partial charge is 0.265 e. The molecule has 0 radical (unpaired) electrons. The Morgan fingerprint density at radius 3 is 2.32 bits per heavy atom. The standard InChI is InChI=1S/C26H20F2N6O.C2H6/c1-16-11-31-23(13-30-16)19-5-2-17(3-6-19)12-32-25-24-22(8-9-29-25)33-15-34(26(24)35)14-18-4-7-20(27)21(28)10-18;1-2/h2-11,13,15H,12,14H2,1H3,(H,29,32);1-2H3. The van der Waals surface area contributed by atoms with Gasteiger partial charge in [-0.15, -0.1) is 0 Å². The van der Waals surface area contributed by atoms with E-state index in [1.54, 1.807) is 24.7 Å². The lowest BCUT2D eigenvalue weighted by Gasteiger charge is -2.11. The summed E-state index contributed by atoms with van der Waals surface area (Å²) in [5.74, 6) is -1.50. The predicted octanol–water partition coefficient (Wildman–Crippen LogP) is 5.52. The number of nitrogens with zero attached hydrogens (tertiary/aromatic N) is 5. The quantitative estimate of drug-likeness (QED) is 0.330. The molecule has 0 aliphatic heterocycles. The number of anilines is 1. The first-order chi connectivity index (χ1) is 18.0. The maximum absolute atomic E-state index is 13.6. The van der Waals surface area contributed by atoms with E-state index < -0.39 is 11.6 Å². The van der Waals surface area contributed by atoms with E-state index in [1.165, 1.54) is 17.0 Å². The van der Waals surface area contributed by atoms with Crippen LogP contribution in [0.4, 0.5) is 14.6 Å². The number of benzene rings is 2. The highest BCUT2D eigenvalue weighted by atomic mass is 19.2. The summed E-state index contributed by atoms with van der Waals surface area (Å²) in [6, 6.07) is 13.1. The van der Waals surface area contributed by atoms with E-state index in [0.717, 1.165) is 34.6 Å². The van der Waals surface area contributed by atoms with Gasteiger partial charge >= 0.3 is 0 Å². The second kappa shape index (κ2) is 11.5. The molecule has 0 fully saturated rings. The Labute approximate surface area is 212 Å². The second-order valence-electron chi connectivity index (χ2n) is 8.07. The number of nitrogens with one attached hydrogen (secondary N) is 1. The van der Waals surface area contributed by atoms with Crippen molar-refractivity contribution >= 4 is 16.7 Å². The molecular weight excluding hydrogens is 474 g/mol. The number of pyridine rings is 1. The van der Waals surface area contributed by atoms with Crippen LogP contribution < -0.4 is 10.9 Å². The summed E-state index contributed by atoms with van der Waals surface area (Å²) in [5.41, 5.74) is 4.19. The molecule has 1 N–H and O–H groups in total. The molecule has 37 heavy (non-hydrogen) atoms. The minimum atomic E-state index is -0.964. The van der Waals surface area contributed by atoms with E-state index in [1.807, 2.05) is 45.0 Å². The second-order valence-corrected chi connectivity index (χ2v) is 8.07. The molecule has 2 aromatic carbocycles. The molecule has 9 heteroatoms. The zero-order valence-electron chi connectivity index (χ0n) is 20.7. The predicted molar refractivity (Wildman–Crippen MR) is 140 cm³/mol. The van der Waals surface area contributed by atoms with Gasteiger partial charge in [-0.25, -0.2) is 18.7 Å². The Hall–Kier alpha value is -4.53. The lowest BCUT2D eigenvalue weighted by molar-refractivity contribution is 0.506. The SMILES string of the molecule is CC.Cc1cnc(-c2ccc(CNc3nccc4ncn(Cc5ccc(F)c(F)c5)c(=O)c34)cc2)cn1. The molecule has 7 nitrogen and oxygen atoms in total. The summed E-state index contributed by atoms with van der Waals surface area (Å²) in [6.45, 7) is 6.37. The fraction of sp³-hybridized carbons (Fsp3) is 0.179. The molecule has 0 saturated carbocycles. The van der Waals surface area contributed by atoms with Gasteiger partial charge in [0.15, 0.2) is 11.6 Å². The third kappa shape index (κ3) is 5.83. The van der Waals surface area contributed by atoms with E-state index in [0.29, 0.717) is 28.8 Å². The van der Waals surface area contributed by atoms with Crippen LogP contribution in [0.2, 0.25) is 0 Å². The van der Waals surface area contributed by atoms with Crippen LogP contribution in [0.15, 0.2) is 78.2 Å². The average Bonchev–Trinajstić information content (AvgIpc) is 2.93. The summed E-state index contributed by atoms with van der Waals surface area (Å²) >= 11 is 0. The first-order valence-corrected chi connectivity index (χ1v) is 11.9. The van der Waals surface area contributed by atoms with Crippen molar-refractivity contribution in [2.24, 2.45) is 0 Å². The first kappa shape index (κ1) is 25.6. The number of aromatic nitrogens is 5. The molecule has 0 spiro atoms. The molecule has 0 bridgehead atoms. The van der Waals surface area contributed by atoms with Crippen LogP contribution in [0.25, 0.3) is 22.2 Å². The summed E-state index contributed by atoms with van der Waals surface area (Å²) in [4.78, 5) is 30.6. The first-order valence-electron chi connectivity index (χ1n) is 11.9. The highest BCUT2D eigenvalue weighted by Gasteiger charge is 2.12. The summed E-state index contributed by atoms with van der Waals surface area (Å²) < 4.78 is 28.2. The molecular formula is C28H26F2N6O. The molecule has 188 valence electrons. The van der Waals surface area contributed by atoms with Gasteiger partial charge in [-0.3, -0.25) is 19.3 Å².